The van der Waals surface area contributed by atoms with E-state index in [1.807, 2.05) is 51.2 Å². The van der Waals surface area contributed by atoms with Gasteiger partial charge in [-0.2, -0.15) is 0 Å². The predicted molar refractivity (Wildman–Crippen MR) is 108 cm³/mol. The molecule has 0 N–H and O–H groups in total. The SMILES string of the molecule is CC(C)(C)OC(=O)CC1(c2ccc(Br)cc2)c2ccccc2-c2nccn21. The van der Waals surface area contributed by atoms with E-state index in [9.17, 15) is 4.79 Å². The second kappa shape index (κ2) is 6.34. The highest BCUT2D eigenvalue weighted by molar-refractivity contribution is 9.10. The lowest BCUT2D eigenvalue weighted by atomic mass is 9.80. The van der Waals surface area contributed by atoms with Crippen LogP contribution < -0.4 is 0 Å². The smallest absolute Gasteiger partial charge is 0.309 e. The topological polar surface area (TPSA) is 44.1 Å². The summed E-state index contributed by atoms with van der Waals surface area (Å²) in [5.41, 5.74) is 1.94. The molecule has 27 heavy (non-hydrogen) atoms. The Kier molecular flexibility index (Phi) is 4.22. The van der Waals surface area contributed by atoms with E-state index in [0.29, 0.717) is 0 Å². The molecule has 0 saturated heterocycles. The fraction of sp³-hybridized carbons (Fsp3) is 0.273. The van der Waals surface area contributed by atoms with Crippen molar-refractivity contribution in [2.24, 2.45) is 0 Å². The van der Waals surface area contributed by atoms with Gasteiger partial charge in [0.05, 0.1) is 6.42 Å². The number of fused-ring (bicyclic) bond motifs is 3. The number of esters is 1. The molecule has 1 aliphatic heterocycles. The Labute approximate surface area is 167 Å². The molecule has 1 unspecified atom stereocenters. The van der Waals surface area contributed by atoms with Crippen LogP contribution in [-0.4, -0.2) is 21.1 Å². The van der Waals surface area contributed by atoms with Crippen LogP contribution in [0.15, 0.2) is 65.4 Å². The highest BCUT2D eigenvalue weighted by Gasteiger charge is 2.47. The summed E-state index contributed by atoms with van der Waals surface area (Å²) in [7, 11) is 0. The molecule has 138 valence electrons. The molecule has 0 fully saturated rings. The minimum absolute atomic E-state index is 0.201. The van der Waals surface area contributed by atoms with E-state index in [0.717, 1.165) is 27.0 Å². The normalized spacial score (nSPS) is 18.1. The maximum absolute atomic E-state index is 12.9. The number of ether oxygens (including phenoxy) is 1. The Morgan fingerprint density at radius 3 is 2.56 bits per heavy atom. The van der Waals surface area contributed by atoms with Crippen LogP contribution in [0.3, 0.4) is 0 Å². The maximum atomic E-state index is 12.9. The van der Waals surface area contributed by atoms with Crippen LogP contribution in [0.4, 0.5) is 0 Å². The van der Waals surface area contributed by atoms with Crippen LogP contribution in [0.1, 0.15) is 38.3 Å². The third kappa shape index (κ3) is 3.00. The zero-order valence-electron chi connectivity index (χ0n) is 15.6. The van der Waals surface area contributed by atoms with Crippen molar-refractivity contribution in [2.45, 2.75) is 38.3 Å². The number of imidazole rings is 1. The van der Waals surface area contributed by atoms with E-state index >= 15 is 0 Å². The van der Waals surface area contributed by atoms with Crippen molar-refractivity contribution < 1.29 is 9.53 Å². The molecule has 2 aromatic carbocycles. The number of benzene rings is 2. The summed E-state index contributed by atoms with van der Waals surface area (Å²) in [6.45, 7) is 5.67. The minimum Gasteiger partial charge on any atom is -0.460 e. The van der Waals surface area contributed by atoms with Crippen molar-refractivity contribution >= 4 is 21.9 Å². The minimum atomic E-state index is -0.675. The van der Waals surface area contributed by atoms with Crippen LogP contribution in [0.5, 0.6) is 0 Å². The van der Waals surface area contributed by atoms with Gasteiger partial charge < -0.3 is 9.30 Å². The molecule has 1 aromatic heterocycles. The molecule has 0 radical (unpaired) electrons. The van der Waals surface area contributed by atoms with E-state index in [-0.39, 0.29) is 12.4 Å². The lowest BCUT2D eigenvalue weighted by Gasteiger charge is -2.34. The van der Waals surface area contributed by atoms with Gasteiger partial charge in [-0.25, -0.2) is 4.98 Å². The van der Waals surface area contributed by atoms with Gasteiger partial charge in [0, 0.05) is 22.4 Å². The molecule has 4 nitrogen and oxygen atoms in total. The summed E-state index contributed by atoms with van der Waals surface area (Å²) in [5.74, 6) is 0.638. The molecule has 0 saturated carbocycles. The van der Waals surface area contributed by atoms with Gasteiger partial charge in [-0.1, -0.05) is 52.3 Å². The fourth-order valence-electron chi connectivity index (χ4n) is 3.87. The molecule has 3 aromatic rings. The van der Waals surface area contributed by atoms with Crippen molar-refractivity contribution in [1.82, 2.24) is 9.55 Å². The van der Waals surface area contributed by atoms with Gasteiger partial charge in [-0.05, 0) is 44.0 Å². The lowest BCUT2D eigenvalue weighted by molar-refractivity contribution is -0.156. The average molecular weight is 425 g/mol. The monoisotopic (exact) mass is 424 g/mol. The number of carbonyl (C=O) groups excluding carboxylic acids is 1. The van der Waals surface area contributed by atoms with E-state index in [1.54, 1.807) is 6.20 Å². The van der Waals surface area contributed by atoms with Gasteiger partial charge in [0.2, 0.25) is 0 Å². The van der Waals surface area contributed by atoms with Crippen molar-refractivity contribution in [3.8, 4) is 11.4 Å². The highest BCUT2D eigenvalue weighted by Crippen LogP contribution is 2.49. The van der Waals surface area contributed by atoms with E-state index in [2.05, 4.69) is 49.7 Å². The first kappa shape index (κ1) is 18.0. The van der Waals surface area contributed by atoms with Gasteiger partial charge in [0.1, 0.15) is 17.0 Å². The molecular formula is C22H21BrN2O2. The first-order valence-corrected chi connectivity index (χ1v) is 9.72. The summed E-state index contributed by atoms with van der Waals surface area (Å²) in [6.07, 6.45) is 3.93. The Morgan fingerprint density at radius 2 is 1.85 bits per heavy atom. The average Bonchev–Trinajstić information content (AvgIpc) is 3.17. The largest absolute Gasteiger partial charge is 0.460 e. The van der Waals surface area contributed by atoms with E-state index < -0.39 is 11.1 Å². The second-order valence-electron chi connectivity index (χ2n) is 7.80. The third-order valence-corrected chi connectivity index (χ3v) is 5.34. The van der Waals surface area contributed by atoms with Gasteiger partial charge in [-0.3, -0.25) is 4.79 Å². The summed E-state index contributed by atoms with van der Waals surface area (Å²) >= 11 is 3.51. The Morgan fingerprint density at radius 1 is 1.15 bits per heavy atom. The summed E-state index contributed by atoms with van der Waals surface area (Å²) < 4.78 is 8.79. The third-order valence-electron chi connectivity index (χ3n) is 4.81. The number of halogens is 1. The van der Waals surface area contributed by atoms with Crippen LogP contribution in [0, 0.1) is 0 Å². The van der Waals surface area contributed by atoms with Crippen molar-refractivity contribution in [3.05, 3.63) is 76.5 Å². The van der Waals surface area contributed by atoms with Crippen molar-refractivity contribution in [2.75, 3.05) is 0 Å². The predicted octanol–water partition coefficient (Wildman–Crippen LogP) is 5.15. The summed E-state index contributed by atoms with van der Waals surface area (Å²) in [6, 6.07) is 16.3. The highest BCUT2D eigenvalue weighted by atomic mass is 79.9. The molecular weight excluding hydrogens is 404 g/mol. The molecule has 4 rings (SSSR count). The molecule has 0 amide bonds. The molecule has 2 heterocycles. The number of nitrogens with zero attached hydrogens (tertiary/aromatic N) is 2. The maximum Gasteiger partial charge on any atom is 0.309 e. The van der Waals surface area contributed by atoms with Crippen molar-refractivity contribution in [3.63, 3.8) is 0 Å². The zero-order valence-corrected chi connectivity index (χ0v) is 17.2. The van der Waals surface area contributed by atoms with E-state index in [1.165, 1.54) is 0 Å². The quantitative estimate of drug-likeness (QED) is 0.546. The van der Waals surface area contributed by atoms with Gasteiger partial charge in [0.15, 0.2) is 0 Å². The standard InChI is InChI=1S/C22H21BrN2O2/c1-21(2,3)27-19(26)14-22(15-8-10-16(23)11-9-15)18-7-5-4-6-17(18)20-24-12-13-25(20)22/h4-13H,14H2,1-3H3. The molecule has 0 spiro atoms. The number of hydrogen-bond donors (Lipinski definition) is 0. The Bertz CT molecular complexity index is 1000. The van der Waals surface area contributed by atoms with Crippen LogP contribution >= 0.6 is 15.9 Å². The van der Waals surface area contributed by atoms with Gasteiger partial charge in [-0.15, -0.1) is 0 Å². The van der Waals surface area contributed by atoms with Gasteiger partial charge >= 0.3 is 5.97 Å². The van der Waals surface area contributed by atoms with Crippen molar-refractivity contribution in [1.29, 1.82) is 0 Å². The zero-order chi connectivity index (χ0) is 19.2. The molecule has 1 atom stereocenters. The molecule has 0 aliphatic carbocycles. The molecule has 0 bridgehead atoms. The van der Waals surface area contributed by atoms with Crippen LogP contribution in [0.2, 0.25) is 0 Å². The fourth-order valence-corrected chi connectivity index (χ4v) is 4.13. The number of carbonyl (C=O) groups is 1. The number of aromatic nitrogens is 2. The van der Waals surface area contributed by atoms with E-state index in [4.69, 9.17) is 4.74 Å². The second-order valence-corrected chi connectivity index (χ2v) is 8.71. The number of rotatable bonds is 3. The van der Waals surface area contributed by atoms with Crippen LogP contribution in [0.25, 0.3) is 11.4 Å². The molecule has 1 aliphatic rings. The number of hydrogen-bond acceptors (Lipinski definition) is 3. The first-order chi connectivity index (χ1) is 12.8. The lowest BCUT2D eigenvalue weighted by Crippen LogP contribution is -2.38. The van der Waals surface area contributed by atoms with Gasteiger partial charge in [0.25, 0.3) is 0 Å². The Hall–Kier alpha value is -2.40. The van der Waals surface area contributed by atoms with Crippen LogP contribution in [-0.2, 0) is 15.1 Å². The summed E-state index contributed by atoms with van der Waals surface area (Å²) in [5, 5.41) is 0. The first-order valence-electron chi connectivity index (χ1n) is 8.93. The Balaban J connectivity index is 1.93. The molecule has 5 heteroatoms. The summed E-state index contributed by atoms with van der Waals surface area (Å²) in [4.78, 5) is 17.5.